The van der Waals surface area contributed by atoms with Crippen molar-refractivity contribution in [3.63, 3.8) is 0 Å². The molecule has 2 aromatic rings. The largest absolute Gasteiger partial charge is 0.493 e. The van der Waals surface area contributed by atoms with Crippen molar-refractivity contribution in [2.24, 2.45) is 0 Å². The fourth-order valence-corrected chi connectivity index (χ4v) is 1.59. The predicted molar refractivity (Wildman–Crippen MR) is 65.0 cm³/mol. The van der Waals surface area contributed by atoms with Gasteiger partial charge in [-0.15, -0.1) is 0 Å². The standard InChI is InChI=1S/C12H10BrNO2/c1-15-9-5-2-3-6-10(9)16-12-8-4-7-11(13)14-12/h2-8H,1H3. The van der Waals surface area contributed by atoms with Crippen molar-refractivity contribution >= 4 is 15.9 Å². The first-order valence-electron chi connectivity index (χ1n) is 4.73. The highest BCUT2D eigenvalue weighted by atomic mass is 79.9. The molecule has 1 aromatic heterocycles. The van der Waals surface area contributed by atoms with Crippen LogP contribution in [-0.2, 0) is 0 Å². The summed E-state index contributed by atoms with van der Waals surface area (Å²) in [5, 5.41) is 0. The highest BCUT2D eigenvalue weighted by molar-refractivity contribution is 9.10. The van der Waals surface area contributed by atoms with Gasteiger partial charge in [0.25, 0.3) is 0 Å². The van der Waals surface area contributed by atoms with E-state index in [0.29, 0.717) is 17.4 Å². The van der Waals surface area contributed by atoms with Crippen molar-refractivity contribution in [1.29, 1.82) is 0 Å². The molecule has 0 unspecified atom stereocenters. The maximum absolute atomic E-state index is 5.62. The number of rotatable bonds is 3. The number of hydrogen-bond donors (Lipinski definition) is 0. The molecular weight excluding hydrogens is 270 g/mol. The molecule has 0 aliphatic rings. The third kappa shape index (κ3) is 2.52. The Morgan fingerprint density at radius 3 is 2.44 bits per heavy atom. The molecule has 4 heteroatoms. The van der Waals surface area contributed by atoms with Crippen molar-refractivity contribution in [2.75, 3.05) is 7.11 Å². The summed E-state index contributed by atoms with van der Waals surface area (Å²) in [5.41, 5.74) is 0. The molecule has 1 heterocycles. The highest BCUT2D eigenvalue weighted by Crippen LogP contribution is 2.30. The first kappa shape index (κ1) is 11.0. The number of benzene rings is 1. The molecule has 0 atom stereocenters. The summed E-state index contributed by atoms with van der Waals surface area (Å²) < 4.78 is 11.5. The van der Waals surface area contributed by atoms with Crippen LogP contribution in [0.2, 0.25) is 0 Å². The molecule has 82 valence electrons. The Balaban J connectivity index is 2.26. The van der Waals surface area contributed by atoms with Crippen molar-refractivity contribution in [1.82, 2.24) is 4.98 Å². The molecule has 16 heavy (non-hydrogen) atoms. The molecule has 0 fully saturated rings. The smallest absolute Gasteiger partial charge is 0.220 e. The fraction of sp³-hybridized carbons (Fsp3) is 0.0833. The predicted octanol–water partition coefficient (Wildman–Crippen LogP) is 3.65. The Labute approximate surface area is 102 Å². The summed E-state index contributed by atoms with van der Waals surface area (Å²) >= 11 is 3.29. The number of methoxy groups -OCH3 is 1. The highest BCUT2D eigenvalue weighted by Gasteiger charge is 2.04. The number of ether oxygens (including phenoxy) is 2. The van der Waals surface area contributed by atoms with Crippen LogP contribution in [0.1, 0.15) is 0 Å². The Bertz CT molecular complexity index is 488. The molecule has 0 radical (unpaired) electrons. The van der Waals surface area contributed by atoms with E-state index in [1.165, 1.54) is 0 Å². The zero-order chi connectivity index (χ0) is 11.4. The Hall–Kier alpha value is -1.55. The summed E-state index contributed by atoms with van der Waals surface area (Å²) in [4.78, 5) is 4.18. The van der Waals surface area contributed by atoms with Gasteiger partial charge in [-0.2, -0.15) is 0 Å². The van der Waals surface area contributed by atoms with Crippen LogP contribution in [0.3, 0.4) is 0 Å². The number of hydrogen-bond acceptors (Lipinski definition) is 3. The van der Waals surface area contributed by atoms with Crippen LogP contribution in [0.4, 0.5) is 0 Å². The van der Waals surface area contributed by atoms with E-state index in [-0.39, 0.29) is 0 Å². The molecular formula is C12H10BrNO2. The Kier molecular flexibility index (Phi) is 3.41. The topological polar surface area (TPSA) is 31.4 Å². The van der Waals surface area contributed by atoms with E-state index in [9.17, 15) is 0 Å². The van der Waals surface area contributed by atoms with Crippen molar-refractivity contribution in [3.05, 3.63) is 47.1 Å². The number of halogens is 1. The zero-order valence-corrected chi connectivity index (χ0v) is 10.3. The van der Waals surface area contributed by atoms with Gasteiger partial charge in [-0.3, -0.25) is 0 Å². The average Bonchev–Trinajstić information content (AvgIpc) is 2.30. The second kappa shape index (κ2) is 4.99. The molecule has 0 amide bonds. The summed E-state index contributed by atoms with van der Waals surface area (Å²) in [5.74, 6) is 1.86. The number of pyridine rings is 1. The Morgan fingerprint density at radius 1 is 1.00 bits per heavy atom. The van der Waals surface area contributed by atoms with Gasteiger partial charge in [0.1, 0.15) is 4.60 Å². The monoisotopic (exact) mass is 279 g/mol. The quantitative estimate of drug-likeness (QED) is 0.804. The zero-order valence-electron chi connectivity index (χ0n) is 8.68. The van der Waals surface area contributed by atoms with Gasteiger partial charge in [-0.05, 0) is 34.1 Å². The van der Waals surface area contributed by atoms with Gasteiger partial charge in [0, 0.05) is 6.07 Å². The average molecular weight is 280 g/mol. The fourth-order valence-electron chi connectivity index (χ4n) is 1.26. The summed E-state index contributed by atoms with van der Waals surface area (Å²) in [6, 6.07) is 12.9. The molecule has 0 aliphatic carbocycles. The number of aromatic nitrogens is 1. The SMILES string of the molecule is COc1ccccc1Oc1cccc(Br)n1. The maximum atomic E-state index is 5.62. The lowest BCUT2D eigenvalue weighted by Crippen LogP contribution is -1.91. The molecule has 0 aliphatic heterocycles. The summed E-state index contributed by atoms with van der Waals surface area (Å²) in [6.45, 7) is 0. The molecule has 3 nitrogen and oxygen atoms in total. The van der Waals surface area contributed by atoms with Crippen molar-refractivity contribution in [3.8, 4) is 17.4 Å². The molecule has 0 saturated heterocycles. The number of para-hydroxylation sites is 2. The molecule has 1 aromatic carbocycles. The summed E-state index contributed by atoms with van der Waals surface area (Å²) in [7, 11) is 1.61. The van der Waals surface area contributed by atoms with Crippen molar-refractivity contribution < 1.29 is 9.47 Å². The van der Waals surface area contributed by atoms with E-state index in [1.807, 2.05) is 36.4 Å². The lowest BCUT2D eigenvalue weighted by molar-refractivity contribution is 0.374. The van der Waals surface area contributed by atoms with Crippen LogP contribution in [0.5, 0.6) is 17.4 Å². The van der Waals surface area contributed by atoms with Crippen molar-refractivity contribution in [2.45, 2.75) is 0 Å². The minimum Gasteiger partial charge on any atom is -0.493 e. The van der Waals surface area contributed by atoms with Gasteiger partial charge >= 0.3 is 0 Å². The molecule has 0 bridgehead atoms. The molecule has 0 spiro atoms. The van der Waals surface area contributed by atoms with Crippen LogP contribution in [-0.4, -0.2) is 12.1 Å². The first-order chi connectivity index (χ1) is 7.79. The van der Waals surface area contributed by atoms with E-state index in [4.69, 9.17) is 9.47 Å². The van der Waals surface area contributed by atoms with Crippen LogP contribution in [0.15, 0.2) is 47.1 Å². The molecule has 2 rings (SSSR count). The lowest BCUT2D eigenvalue weighted by Gasteiger charge is -2.08. The second-order valence-electron chi connectivity index (χ2n) is 3.05. The normalized spacial score (nSPS) is 9.88. The van der Waals surface area contributed by atoms with Gasteiger partial charge in [-0.25, -0.2) is 4.98 Å². The third-order valence-corrected chi connectivity index (χ3v) is 2.41. The third-order valence-electron chi connectivity index (χ3n) is 1.97. The van der Waals surface area contributed by atoms with E-state index in [0.717, 1.165) is 4.60 Å². The Morgan fingerprint density at radius 2 is 1.75 bits per heavy atom. The van der Waals surface area contributed by atoms with E-state index >= 15 is 0 Å². The molecule has 0 N–H and O–H groups in total. The van der Waals surface area contributed by atoms with Gasteiger partial charge in [0.05, 0.1) is 7.11 Å². The van der Waals surface area contributed by atoms with Gasteiger partial charge < -0.3 is 9.47 Å². The lowest BCUT2D eigenvalue weighted by atomic mass is 10.3. The van der Waals surface area contributed by atoms with Crippen LogP contribution >= 0.6 is 15.9 Å². The van der Waals surface area contributed by atoms with Crippen LogP contribution in [0, 0.1) is 0 Å². The van der Waals surface area contributed by atoms with Crippen LogP contribution < -0.4 is 9.47 Å². The number of nitrogens with zero attached hydrogens (tertiary/aromatic N) is 1. The van der Waals surface area contributed by atoms with Gasteiger partial charge in [0.15, 0.2) is 11.5 Å². The van der Waals surface area contributed by atoms with Gasteiger partial charge in [0.2, 0.25) is 5.88 Å². The first-order valence-corrected chi connectivity index (χ1v) is 5.52. The van der Waals surface area contributed by atoms with Crippen LogP contribution in [0.25, 0.3) is 0 Å². The summed E-state index contributed by atoms with van der Waals surface area (Å²) in [6.07, 6.45) is 0. The maximum Gasteiger partial charge on any atom is 0.220 e. The minimum atomic E-state index is 0.527. The minimum absolute atomic E-state index is 0.527. The molecule has 0 saturated carbocycles. The second-order valence-corrected chi connectivity index (χ2v) is 3.86. The van der Waals surface area contributed by atoms with E-state index in [2.05, 4.69) is 20.9 Å². The van der Waals surface area contributed by atoms with E-state index in [1.54, 1.807) is 13.2 Å². The van der Waals surface area contributed by atoms with Gasteiger partial charge in [-0.1, -0.05) is 18.2 Å². The van der Waals surface area contributed by atoms with E-state index < -0.39 is 0 Å².